The molecule has 0 radical (unpaired) electrons. The van der Waals surface area contributed by atoms with Crippen molar-refractivity contribution in [2.45, 2.75) is 13.0 Å². The van der Waals surface area contributed by atoms with Gasteiger partial charge in [0, 0.05) is 10.5 Å². The van der Waals surface area contributed by atoms with E-state index in [1.54, 1.807) is 13.0 Å². The zero-order valence-electron chi connectivity index (χ0n) is 9.05. The molecule has 0 saturated carbocycles. The molecular formula is C12H14O3S. The van der Waals surface area contributed by atoms with E-state index in [2.05, 4.69) is 6.58 Å². The van der Waals surface area contributed by atoms with Crippen LogP contribution in [0.25, 0.3) is 5.57 Å². The van der Waals surface area contributed by atoms with Crippen LogP contribution in [0.3, 0.4) is 0 Å². The highest BCUT2D eigenvalue weighted by Gasteiger charge is 2.22. The van der Waals surface area contributed by atoms with Crippen LogP contribution in [-0.2, 0) is 9.53 Å². The Morgan fingerprint density at radius 1 is 1.75 bits per heavy atom. The summed E-state index contributed by atoms with van der Waals surface area (Å²) in [6.07, 6.45) is 1.90. The molecule has 0 aliphatic heterocycles. The monoisotopic (exact) mass is 238 g/mol. The second-order valence-electron chi connectivity index (χ2n) is 2.99. The first-order valence-electron chi connectivity index (χ1n) is 4.92. The minimum absolute atomic E-state index is 0.252. The van der Waals surface area contributed by atoms with E-state index in [0.29, 0.717) is 5.57 Å². The van der Waals surface area contributed by atoms with Crippen molar-refractivity contribution in [3.8, 4) is 0 Å². The Labute approximate surface area is 98.7 Å². The van der Waals surface area contributed by atoms with E-state index < -0.39 is 12.1 Å². The SMILES string of the molecule is C=C/C=C(\c1cccs1)[C@H](O)C(=O)OCC. The van der Waals surface area contributed by atoms with Gasteiger partial charge in [0.2, 0.25) is 0 Å². The maximum atomic E-state index is 11.4. The molecule has 1 N–H and O–H groups in total. The fraction of sp³-hybridized carbons (Fsp3) is 0.250. The molecule has 0 aliphatic rings. The largest absolute Gasteiger partial charge is 0.464 e. The van der Waals surface area contributed by atoms with Crippen molar-refractivity contribution in [2.75, 3.05) is 6.61 Å². The van der Waals surface area contributed by atoms with Crippen molar-refractivity contribution in [3.63, 3.8) is 0 Å². The van der Waals surface area contributed by atoms with Crippen molar-refractivity contribution in [1.82, 2.24) is 0 Å². The molecule has 0 spiro atoms. The number of rotatable bonds is 5. The van der Waals surface area contributed by atoms with Crippen LogP contribution in [0, 0.1) is 0 Å². The van der Waals surface area contributed by atoms with Crippen LogP contribution in [0.4, 0.5) is 0 Å². The van der Waals surface area contributed by atoms with Crippen LogP contribution in [0.2, 0.25) is 0 Å². The molecule has 0 aliphatic carbocycles. The van der Waals surface area contributed by atoms with E-state index in [0.717, 1.165) is 4.88 Å². The Kier molecular flexibility index (Phi) is 4.95. The average Bonchev–Trinajstić information content (AvgIpc) is 2.78. The van der Waals surface area contributed by atoms with Gasteiger partial charge in [0.15, 0.2) is 6.10 Å². The molecule has 1 rings (SSSR count). The third kappa shape index (κ3) is 3.05. The number of esters is 1. The van der Waals surface area contributed by atoms with Crippen LogP contribution in [0.1, 0.15) is 11.8 Å². The maximum Gasteiger partial charge on any atom is 0.339 e. The highest BCUT2D eigenvalue weighted by Crippen LogP contribution is 2.24. The summed E-state index contributed by atoms with van der Waals surface area (Å²) < 4.78 is 4.77. The third-order valence-corrected chi connectivity index (χ3v) is 2.83. The highest BCUT2D eigenvalue weighted by molar-refractivity contribution is 7.11. The van der Waals surface area contributed by atoms with Crippen LogP contribution in [-0.4, -0.2) is 23.8 Å². The number of aliphatic hydroxyl groups is 1. The lowest BCUT2D eigenvalue weighted by atomic mass is 10.1. The molecule has 1 aromatic rings. The van der Waals surface area contributed by atoms with E-state index in [9.17, 15) is 9.90 Å². The van der Waals surface area contributed by atoms with Crippen molar-refractivity contribution >= 4 is 22.9 Å². The molecule has 1 heterocycles. The molecule has 16 heavy (non-hydrogen) atoms. The standard InChI is InChI=1S/C12H14O3S/c1-3-6-9(10-7-5-8-16-10)11(13)12(14)15-4-2/h3,5-8,11,13H,1,4H2,2H3/b9-6+/t11-/m0/s1. The summed E-state index contributed by atoms with van der Waals surface area (Å²) in [6.45, 7) is 5.52. The van der Waals surface area contributed by atoms with E-state index in [-0.39, 0.29) is 6.61 Å². The van der Waals surface area contributed by atoms with Gasteiger partial charge in [-0.3, -0.25) is 0 Å². The first-order chi connectivity index (χ1) is 7.70. The van der Waals surface area contributed by atoms with Gasteiger partial charge in [0.1, 0.15) is 0 Å². The van der Waals surface area contributed by atoms with E-state index in [1.165, 1.54) is 17.4 Å². The second-order valence-corrected chi connectivity index (χ2v) is 3.94. The summed E-state index contributed by atoms with van der Waals surface area (Å²) in [5.74, 6) is -0.635. The summed E-state index contributed by atoms with van der Waals surface area (Å²) >= 11 is 1.45. The van der Waals surface area contributed by atoms with E-state index >= 15 is 0 Å². The topological polar surface area (TPSA) is 46.5 Å². The minimum atomic E-state index is -1.25. The smallest absolute Gasteiger partial charge is 0.339 e. The number of thiophene rings is 1. The fourth-order valence-corrected chi connectivity index (χ4v) is 2.00. The van der Waals surface area contributed by atoms with Gasteiger partial charge in [0.25, 0.3) is 0 Å². The lowest BCUT2D eigenvalue weighted by Crippen LogP contribution is -2.24. The quantitative estimate of drug-likeness (QED) is 0.632. The Bertz CT molecular complexity index is 379. The van der Waals surface area contributed by atoms with Crippen LogP contribution in [0.5, 0.6) is 0 Å². The zero-order chi connectivity index (χ0) is 12.0. The lowest BCUT2D eigenvalue weighted by molar-refractivity contribution is -0.149. The summed E-state index contributed by atoms with van der Waals surface area (Å²) in [7, 11) is 0. The van der Waals surface area contributed by atoms with Gasteiger partial charge >= 0.3 is 5.97 Å². The van der Waals surface area contributed by atoms with Crippen LogP contribution >= 0.6 is 11.3 Å². The Balaban J connectivity index is 2.91. The molecule has 3 nitrogen and oxygen atoms in total. The third-order valence-electron chi connectivity index (χ3n) is 1.91. The number of aliphatic hydroxyl groups excluding tert-OH is 1. The maximum absolute atomic E-state index is 11.4. The average molecular weight is 238 g/mol. The molecule has 0 fully saturated rings. The molecule has 0 saturated heterocycles. The molecular weight excluding hydrogens is 224 g/mol. The number of hydrogen-bond donors (Lipinski definition) is 1. The summed E-state index contributed by atoms with van der Waals surface area (Å²) in [4.78, 5) is 12.2. The molecule has 1 aromatic heterocycles. The summed E-state index contributed by atoms with van der Waals surface area (Å²) in [5, 5.41) is 11.7. The van der Waals surface area contributed by atoms with E-state index in [1.807, 2.05) is 17.5 Å². The van der Waals surface area contributed by atoms with Crippen LogP contribution in [0.15, 0.2) is 36.2 Å². The second kappa shape index (κ2) is 6.25. The molecule has 1 atom stereocenters. The van der Waals surface area contributed by atoms with Gasteiger partial charge in [-0.2, -0.15) is 0 Å². The summed E-state index contributed by atoms with van der Waals surface area (Å²) in [5.41, 5.74) is 0.517. The minimum Gasteiger partial charge on any atom is -0.464 e. The zero-order valence-corrected chi connectivity index (χ0v) is 9.87. The number of carbonyl (C=O) groups excluding carboxylic acids is 1. The van der Waals surface area contributed by atoms with Crippen molar-refractivity contribution in [2.24, 2.45) is 0 Å². The van der Waals surface area contributed by atoms with Crippen molar-refractivity contribution < 1.29 is 14.6 Å². The number of hydrogen-bond acceptors (Lipinski definition) is 4. The Morgan fingerprint density at radius 3 is 3.00 bits per heavy atom. The molecule has 86 valence electrons. The van der Waals surface area contributed by atoms with E-state index in [4.69, 9.17) is 4.74 Å². The van der Waals surface area contributed by atoms with Crippen LogP contribution < -0.4 is 0 Å². The van der Waals surface area contributed by atoms with Gasteiger partial charge in [0.05, 0.1) is 6.61 Å². The Morgan fingerprint density at radius 2 is 2.50 bits per heavy atom. The van der Waals surface area contributed by atoms with Gasteiger partial charge in [-0.1, -0.05) is 24.8 Å². The molecule has 0 amide bonds. The van der Waals surface area contributed by atoms with Crippen molar-refractivity contribution in [3.05, 3.63) is 41.1 Å². The predicted octanol–water partition coefficient (Wildman–Crippen LogP) is 2.24. The van der Waals surface area contributed by atoms with Gasteiger partial charge in [-0.05, 0) is 18.4 Å². The number of carbonyl (C=O) groups is 1. The molecule has 0 bridgehead atoms. The number of allylic oxidation sites excluding steroid dienone is 2. The molecule has 0 unspecified atom stereocenters. The molecule has 4 heteroatoms. The summed E-state index contributed by atoms with van der Waals surface area (Å²) in [6, 6.07) is 3.69. The number of ether oxygens (including phenoxy) is 1. The van der Waals surface area contributed by atoms with Gasteiger partial charge in [-0.25, -0.2) is 4.79 Å². The molecule has 0 aromatic carbocycles. The van der Waals surface area contributed by atoms with Gasteiger partial charge < -0.3 is 9.84 Å². The first-order valence-corrected chi connectivity index (χ1v) is 5.79. The lowest BCUT2D eigenvalue weighted by Gasteiger charge is -2.12. The predicted molar refractivity (Wildman–Crippen MR) is 65.1 cm³/mol. The normalized spacial score (nSPS) is 13.2. The highest BCUT2D eigenvalue weighted by atomic mass is 32.1. The first kappa shape index (κ1) is 12.7. The fourth-order valence-electron chi connectivity index (χ4n) is 1.23. The van der Waals surface area contributed by atoms with Gasteiger partial charge in [-0.15, -0.1) is 11.3 Å². The Hall–Kier alpha value is -1.39. The van der Waals surface area contributed by atoms with Crippen molar-refractivity contribution in [1.29, 1.82) is 0 Å².